The molecule has 0 heterocycles. The Labute approximate surface area is 61.4 Å². The Bertz CT molecular complexity index is 110. The minimum absolute atomic E-state index is 0.598. The molecule has 0 radical (unpaired) electrons. The van der Waals surface area contributed by atoms with E-state index in [9.17, 15) is 0 Å². The summed E-state index contributed by atoms with van der Waals surface area (Å²) in [4.78, 5) is 8.95. The fourth-order valence-corrected chi connectivity index (χ4v) is 1.07. The molecule has 0 saturated carbocycles. The lowest BCUT2D eigenvalue weighted by molar-refractivity contribution is 0.304. The zero-order chi connectivity index (χ0) is 7.33. The number of hydrogen-bond acceptors (Lipinski definition) is 2. The van der Waals surface area contributed by atoms with Gasteiger partial charge in [0.05, 0.1) is 6.61 Å². The normalized spacial score (nSPS) is 17.2. The third kappa shape index (κ3) is 8.57. The van der Waals surface area contributed by atoms with Crippen LogP contribution in [0, 0.1) is 0 Å². The van der Waals surface area contributed by atoms with Crippen LogP contribution in [-0.4, -0.2) is 18.2 Å². The Morgan fingerprint density at radius 2 is 2.22 bits per heavy atom. The van der Waals surface area contributed by atoms with Crippen molar-refractivity contribution >= 4 is 18.3 Å². The molecule has 1 unspecified atom stereocenters. The van der Waals surface area contributed by atoms with E-state index in [4.69, 9.17) is 9.42 Å². The molecule has 0 aliphatic carbocycles. The van der Waals surface area contributed by atoms with E-state index in [0.717, 1.165) is 12.8 Å². The molecule has 0 rings (SSSR count). The molecule has 0 fully saturated rings. The molecule has 0 aromatic heterocycles. The van der Waals surface area contributed by atoms with Gasteiger partial charge in [0.25, 0.3) is 0 Å². The highest BCUT2D eigenvalue weighted by Gasteiger charge is 2.01. The third-order valence-corrected chi connectivity index (χ3v) is 1.81. The van der Waals surface area contributed by atoms with Gasteiger partial charge in [0.1, 0.15) is 0 Å². The van der Waals surface area contributed by atoms with Crippen LogP contribution >= 0.6 is 6.49 Å². The molecule has 0 spiro atoms. The molecule has 9 heavy (non-hydrogen) atoms. The third-order valence-electron chi connectivity index (χ3n) is 0.829. The van der Waals surface area contributed by atoms with Crippen molar-refractivity contribution in [1.29, 1.82) is 0 Å². The molecule has 1 N–H and O–H groups in total. The van der Waals surface area contributed by atoms with Gasteiger partial charge in [-0.2, -0.15) is 0 Å². The van der Waals surface area contributed by atoms with Crippen molar-refractivity contribution in [1.82, 2.24) is 0 Å². The van der Waals surface area contributed by atoms with Crippen LogP contribution in [0.25, 0.3) is 0 Å². The second-order valence-corrected chi connectivity index (χ2v) is 5.89. The summed E-state index contributed by atoms with van der Waals surface area (Å²) in [6.45, 7) is 1.87. The zero-order valence-electron chi connectivity index (χ0n) is 5.83. The summed E-state index contributed by atoms with van der Waals surface area (Å²) in [6, 6.07) is 0. The highest BCUT2D eigenvalue weighted by molar-refractivity contribution is 8.09. The maximum Gasteiger partial charge on any atom is 0.183 e. The highest BCUT2D eigenvalue weighted by atomic mass is 32.5. The summed E-state index contributed by atoms with van der Waals surface area (Å²) in [7, 11) is 0. The van der Waals surface area contributed by atoms with Gasteiger partial charge in [0.2, 0.25) is 0 Å². The Balaban J connectivity index is 3.18. The molecule has 0 saturated heterocycles. The van der Waals surface area contributed by atoms with Gasteiger partial charge in [-0.3, -0.25) is 0 Å². The molecular formula is C5H13O2PS. The molecular weight excluding hydrogens is 155 g/mol. The van der Waals surface area contributed by atoms with E-state index in [1.54, 1.807) is 6.66 Å². The first-order valence-electron chi connectivity index (χ1n) is 3.01. The zero-order valence-corrected chi connectivity index (χ0v) is 7.54. The van der Waals surface area contributed by atoms with E-state index in [2.05, 4.69) is 18.7 Å². The van der Waals surface area contributed by atoms with Crippen molar-refractivity contribution in [2.24, 2.45) is 0 Å². The Hall–Kier alpha value is 0.570. The summed E-state index contributed by atoms with van der Waals surface area (Å²) >= 11 is 4.64. The monoisotopic (exact) mass is 168 g/mol. The van der Waals surface area contributed by atoms with Crippen LogP contribution in [-0.2, 0) is 16.3 Å². The number of rotatable bonds is 4. The molecule has 0 aliphatic heterocycles. The summed E-state index contributed by atoms with van der Waals surface area (Å²) in [5, 5.41) is 0. The molecule has 0 bridgehead atoms. The lowest BCUT2D eigenvalue weighted by atomic mass is 10.4. The van der Waals surface area contributed by atoms with Crippen molar-refractivity contribution in [3.05, 3.63) is 0 Å². The van der Waals surface area contributed by atoms with Gasteiger partial charge in [0.15, 0.2) is 6.49 Å². The number of unbranched alkanes of at least 4 members (excludes halogenated alkanes) is 1. The maximum absolute atomic E-state index is 8.95. The van der Waals surface area contributed by atoms with Crippen molar-refractivity contribution < 1.29 is 9.42 Å². The maximum atomic E-state index is 8.95. The Morgan fingerprint density at radius 3 is 2.56 bits per heavy atom. The fourth-order valence-electron chi connectivity index (χ4n) is 0.378. The van der Waals surface area contributed by atoms with Gasteiger partial charge in [-0.05, 0) is 18.2 Å². The lowest BCUT2D eigenvalue weighted by Gasteiger charge is -2.08. The van der Waals surface area contributed by atoms with Crippen LogP contribution in [0.3, 0.4) is 0 Å². The summed E-state index contributed by atoms with van der Waals surface area (Å²) in [6.07, 6.45) is 2.06. The lowest BCUT2D eigenvalue weighted by Crippen LogP contribution is -1.89. The van der Waals surface area contributed by atoms with Gasteiger partial charge in [-0.1, -0.05) is 13.3 Å². The van der Waals surface area contributed by atoms with Gasteiger partial charge in [0, 0.05) is 6.66 Å². The minimum Gasteiger partial charge on any atom is -0.345 e. The molecule has 0 amide bonds. The van der Waals surface area contributed by atoms with E-state index < -0.39 is 6.49 Å². The van der Waals surface area contributed by atoms with Crippen molar-refractivity contribution in [2.75, 3.05) is 13.3 Å². The van der Waals surface area contributed by atoms with Crippen LogP contribution in [0.4, 0.5) is 0 Å². The average Bonchev–Trinajstić information content (AvgIpc) is 1.63. The second-order valence-electron chi connectivity index (χ2n) is 1.99. The smallest absolute Gasteiger partial charge is 0.183 e. The largest absolute Gasteiger partial charge is 0.345 e. The molecule has 4 heteroatoms. The van der Waals surface area contributed by atoms with Crippen molar-refractivity contribution in [2.45, 2.75) is 19.8 Å². The highest BCUT2D eigenvalue weighted by Crippen LogP contribution is 2.36. The first kappa shape index (κ1) is 9.57. The summed E-state index contributed by atoms with van der Waals surface area (Å²) in [5.74, 6) is 0. The summed E-state index contributed by atoms with van der Waals surface area (Å²) in [5.41, 5.74) is 0. The van der Waals surface area contributed by atoms with Gasteiger partial charge < -0.3 is 9.42 Å². The quantitative estimate of drug-likeness (QED) is 0.512. The Kier molecular flexibility index (Phi) is 4.67. The van der Waals surface area contributed by atoms with Crippen LogP contribution in [0.2, 0.25) is 0 Å². The van der Waals surface area contributed by atoms with Crippen LogP contribution in [0.5, 0.6) is 0 Å². The molecule has 0 aromatic rings. The van der Waals surface area contributed by atoms with E-state index in [0.29, 0.717) is 6.61 Å². The molecule has 0 aliphatic rings. The minimum atomic E-state index is -2.36. The van der Waals surface area contributed by atoms with Crippen molar-refractivity contribution in [3.63, 3.8) is 0 Å². The molecule has 1 atom stereocenters. The van der Waals surface area contributed by atoms with E-state index in [1.165, 1.54) is 0 Å². The summed E-state index contributed by atoms with van der Waals surface area (Å²) < 4.78 is 4.95. The average molecular weight is 168 g/mol. The first-order chi connectivity index (χ1) is 4.06. The van der Waals surface area contributed by atoms with Gasteiger partial charge in [-0.25, -0.2) is 0 Å². The van der Waals surface area contributed by atoms with E-state index in [-0.39, 0.29) is 0 Å². The first-order valence-corrected chi connectivity index (χ1v) is 6.13. The fraction of sp³-hybridized carbons (Fsp3) is 1.00. The van der Waals surface area contributed by atoms with Crippen LogP contribution < -0.4 is 0 Å². The van der Waals surface area contributed by atoms with Gasteiger partial charge in [-0.15, -0.1) is 0 Å². The van der Waals surface area contributed by atoms with Crippen LogP contribution in [0.1, 0.15) is 19.8 Å². The second kappa shape index (κ2) is 4.40. The topological polar surface area (TPSA) is 29.5 Å². The molecule has 56 valence electrons. The Morgan fingerprint density at radius 1 is 1.67 bits per heavy atom. The standard InChI is InChI=1S/C5H13O2PS/c1-3-4-5-7-8(2,6)9/h3-5H2,1-2H3,(H,6,9). The SMILES string of the molecule is CCCCOP(C)(O)=S. The van der Waals surface area contributed by atoms with E-state index in [1.807, 2.05) is 0 Å². The molecule has 2 nitrogen and oxygen atoms in total. The van der Waals surface area contributed by atoms with Crippen molar-refractivity contribution in [3.8, 4) is 0 Å². The predicted octanol–water partition coefficient (Wildman–Crippen LogP) is 1.73. The van der Waals surface area contributed by atoms with Crippen LogP contribution in [0.15, 0.2) is 0 Å². The number of hydrogen-bond donors (Lipinski definition) is 1. The van der Waals surface area contributed by atoms with E-state index >= 15 is 0 Å². The predicted molar refractivity (Wildman–Crippen MR) is 43.3 cm³/mol. The molecule has 0 aromatic carbocycles. The van der Waals surface area contributed by atoms with Gasteiger partial charge >= 0.3 is 0 Å².